The number of benzene rings is 1. The Morgan fingerprint density at radius 2 is 1.89 bits per heavy atom. The van der Waals surface area contributed by atoms with Gasteiger partial charge in [0.25, 0.3) is 0 Å². The smallest absolute Gasteiger partial charge is 0.165 e. The topological polar surface area (TPSA) is 44.5 Å². The molecule has 1 saturated carbocycles. The fourth-order valence-corrected chi connectivity index (χ4v) is 3.14. The molecule has 0 amide bonds. The van der Waals surface area contributed by atoms with Crippen LogP contribution < -0.4 is 15.2 Å². The van der Waals surface area contributed by atoms with Gasteiger partial charge in [0.1, 0.15) is 0 Å². The van der Waals surface area contributed by atoms with Crippen molar-refractivity contribution in [3.8, 4) is 11.5 Å². The van der Waals surface area contributed by atoms with Crippen LogP contribution in [0.3, 0.4) is 0 Å². The Morgan fingerprint density at radius 1 is 1.28 bits per heavy atom. The molecule has 2 N–H and O–H groups in total. The van der Waals surface area contributed by atoms with E-state index < -0.39 is 0 Å². The SMILES string of the molecule is COc1c(C2(CN)CCC2)cc(Br)c(C)c1OC. The largest absolute Gasteiger partial charge is 0.493 e. The fraction of sp³-hybridized carbons (Fsp3) is 0.571. The summed E-state index contributed by atoms with van der Waals surface area (Å²) in [5, 5.41) is 0. The van der Waals surface area contributed by atoms with E-state index in [0.717, 1.165) is 34.4 Å². The van der Waals surface area contributed by atoms with Gasteiger partial charge in [-0.3, -0.25) is 0 Å². The van der Waals surface area contributed by atoms with Crippen molar-refractivity contribution in [2.75, 3.05) is 20.8 Å². The zero-order valence-corrected chi connectivity index (χ0v) is 12.8. The number of ether oxygens (including phenoxy) is 2. The van der Waals surface area contributed by atoms with E-state index in [0.29, 0.717) is 6.54 Å². The molecule has 1 aliphatic carbocycles. The zero-order valence-electron chi connectivity index (χ0n) is 11.2. The van der Waals surface area contributed by atoms with Gasteiger partial charge in [0, 0.05) is 27.6 Å². The third kappa shape index (κ3) is 1.91. The molecule has 0 unspecified atom stereocenters. The van der Waals surface area contributed by atoms with E-state index in [4.69, 9.17) is 15.2 Å². The van der Waals surface area contributed by atoms with Crippen molar-refractivity contribution >= 4 is 15.9 Å². The summed E-state index contributed by atoms with van der Waals surface area (Å²) in [4.78, 5) is 0. The molecule has 1 aromatic carbocycles. The Hall–Kier alpha value is -0.740. The quantitative estimate of drug-likeness (QED) is 0.928. The Labute approximate surface area is 117 Å². The van der Waals surface area contributed by atoms with Crippen LogP contribution in [0.5, 0.6) is 11.5 Å². The van der Waals surface area contributed by atoms with Crippen molar-refractivity contribution in [3.63, 3.8) is 0 Å². The molecule has 0 bridgehead atoms. The Bertz CT molecular complexity index is 450. The maximum absolute atomic E-state index is 5.99. The van der Waals surface area contributed by atoms with Gasteiger partial charge in [-0.25, -0.2) is 0 Å². The maximum atomic E-state index is 5.99. The van der Waals surface area contributed by atoms with Crippen molar-refractivity contribution in [1.82, 2.24) is 0 Å². The lowest BCUT2D eigenvalue weighted by Gasteiger charge is -2.42. The first kappa shape index (κ1) is 13.7. The van der Waals surface area contributed by atoms with Gasteiger partial charge in [0.2, 0.25) is 0 Å². The standard InChI is InChI=1S/C14H20BrNO2/c1-9-11(15)7-10(13(18-3)12(9)17-2)14(8-16)5-4-6-14/h7H,4-6,8,16H2,1-3H3. The van der Waals surface area contributed by atoms with Crippen LogP contribution in [-0.4, -0.2) is 20.8 Å². The highest BCUT2D eigenvalue weighted by molar-refractivity contribution is 9.10. The van der Waals surface area contributed by atoms with Crippen LogP contribution in [0.1, 0.15) is 30.4 Å². The summed E-state index contributed by atoms with van der Waals surface area (Å²) in [6.45, 7) is 2.67. The van der Waals surface area contributed by atoms with Gasteiger partial charge in [0.05, 0.1) is 14.2 Å². The van der Waals surface area contributed by atoms with E-state index in [1.165, 1.54) is 12.0 Å². The van der Waals surface area contributed by atoms with Gasteiger partial charge in [-0.15, -0.1) is 0 Å². The van der Waals surface area contributed by atoms with Crippen LogP contribution >= 0.6 is 15.9 Å². The molecule has 100 valence electrons. The highest BCUT2D eigenvalue weighted by atomic mass is 79.9. The summed E-state index contributed by atoms with van der Waals surface area (Å²) in [6, 6.07) is 2.14. The van der Waals surface area contributed by atoms with Gasteiger partial charge >= 0.3 is 0 Å². The van der Waals surface area contributed by atoms with Crippen LogP contribution in [0, 0.1) is 6.92 Å². The number of halogens is 1. The van der Waals surface area contributed by atoms with Gasteiger partial charge in [0.15, 0.2) is 11.5 Å². The highest BCUT2D eigenvalue weighted by Gasteiger charge is 2.40. The van der Waals surface area contributed by atoms with E-state index >= 15 is 0 Å². The highest BCUT2D eigenvalue weighted by Crippen LogP contribution is 2.51. The Balaban J connectivity index is 2.63. The summed E-state index contributed by atoms with van der Waals surface area (Å²) in [7, 11) is 3.37. The van der Waals surface area contributed by atoms with Gasteiger partial charge < -0.3 is 15.2 Å². The van der Waals surface area contributed by atoms with Crippen molar-refractivity contribution in [1.29, 1.82) is 0 Å². The molecule has 0 atom stereocenters. The number of methoxy groups -OCH3 is 2. The Morgan fingerprint density at radius 3 is 2.28 bits per heavy atom. The molecule has 18 heavy (non-hydrogen) atoms. The molecule has 1 aromatic rings. The molecular formula is C14H20BrNO2. The van der Waals surface area contributed by atoms with E-state index in [1.807, 2.05) is 6.92 Å². The third-order valence-corrected chi connectivity index (χ3v) is 4.93. The molecule has 2 rings (SSSR count). The summed E-state index contributed by atoms with van der Waals surface area (Å²) in [6.07, 6.45) is 3.48. The van der Waals surface area contributed by atoms with Crippen molar-refractivity contribution in [3.05, 3.63) is 21.7 Å². The minimum absolute atomic E-state index is 0.0643. The van der Waals surface area contributed by atoms with Crippen molar-refractivity contribution in [2.24, 2.45) is 5.73 Å². The normalized spacial score (nSPS) is 17.2. The van der Waals surface area contributed by atoms with Crippen LogP contribution in [0.2, 0.25) is 0 Å². The second-order valence-electron chi connectivity index (χ2n) is 4.94. The molecular weight excluding hydrogens is 294 g/mol. The molecule has 1 fully saturated rings. The molecule has 4 heteroatoms. The van der Waals surface area contributed by atoms with Crippen LogP contribution in [-0.2, 0) is 5.41 Å². The molecule has 1 aliphatic rings. The lowest BCUT2D eigenvalue weighted by molar-refractivity contribution is 0.240. The zero-order chi connectivity index (χ0) is 13.3. The average Bonchev–Trinajstić information content (AvgIpc) is 2.32. The average molecular weight is 314 g/mol. The third-order valence-electron chi connectivity index (χ3n) is 4.10. The molecule has 0 heterocycles. The summed E-state index contributed by atoms with van der Waals surface area (Å²) in [5.74, 6) is 1.64. The Kier molecular flexibility index (Phi) is 3.87. The second kappa shape index (κ2) is 5.10. The fourth-order valence-electron chi connectivity index (χ4n) is 2.73. The predicted molar refractivity (Wildman–Crippen MR) is 76.6 cm³/mol. The van der Waals surface area contributed by atoms with Gasteiger partial charge in [-0.1, -0.05) is 22.4 Å². The summed E-state index contributed by atoms with van der Waals surface area (Å²) >= 11 is 3.60. The van der Waals surface area contributed by atoms with E-state index in [-0.39, 0.29) is 5.41 Å². The first-order chi connectivity index (χ1) is 8.59. The molecule has 3 nitrogen and oxygen atoms in total. The van der Waals surface area contributed by atoms with E-state index in [9.17, 15) is 0 Å². The lowest BCUT2D eigenvalue weighted by Crippen LogP contribution is -2.41. The van der Waals surface area contributed by atoms with Crippen LogP contribution in [0.25, 0.3) is 0 Å². The van der Waals surface area contributed by atoms with Crippen LogP contribution in [0.4, 0.5) is 0 Å². The summed E-state index contributed by atoms with van der Waals surface area (Å²) < 4.78 is 12.1. The number of nitrogens with two attached hydrogens (primary N) is 1. The minimum Gasteiger partial charge on any atom is -0.493 e. The summed E-state index contributed by atoms with van der Waals surface area (Å²) in [5.41, 5.74) is 8.29. The first-order valence-corrected chi connectivity index (χ1v) is 7.00. The van der Waals surface area contributed by atoms with Gasteiger partial charge in [-0.05, 0) is 25.8 Å². The molecule has 0 aliphatic heterocycles. The maximum Gasteiger partial charge on any atom is 0.165 e. The van der Waals surface area contributed by atoms with Crippen molar-refractivity contribution in [2.45, 2.75) is 31.6 Å². The van der Waals surface area contributed by atoms with Crippen molar-refractivity contribution < 1.29 is 9.47 Å². The molecule has 0 spiro atoms. The number of rotatable bonds is 4. The van der Waals surface area contributed by atoms with Gasteiger partial charge in [-0.2, -0.15) is 0 Å². The number of hydrogen-bond donors (Lipinski definition) is 1. The van der Waals surface area contributed by atoms with Crippen LogP contribution in [0.15, 0.2) is 10.5 Å². The molecule has 0 aromatic heterocycles. The molecule has 0 radical (unpaired) electrons. The second-order valence-corrected chi connectivity index (χ2v) is 5.79. The predicted octanol–water partition coefficient (Wildman–Crippen LogP) is 3.16. The monoisotopic (exact) mass is 313 g/mol. The van der Waals surface area contributed by atoms with E-state index in [1.54, 1.807) is 14.2 Å². The minimum atomic E-state index is 0.0643. The van der Waals surface area contributed by atoms with E-state index in [2.05, 4.69) is 22.0 Å². The lowest BCUT2D eigenvalue weighted by atomic mass is 9.64. The number of hydrogen-bond acceptors (Lipinski definition) is 3. The molecule has 0 saturated heterocycles. The first-order valence-electron chi connectivity index (χ1n) is 6.21.